The van der Waals surface area contributed by atoms with Crippen LogP contribution in [0.2, 0.25) is 0 Å². The molecule has 148 valence electrons. The lowest BCUT2D eigenvalue weighted by molar-refractivity contribution is -0.136. The predicted octanol–water partition coefficient (Wildman–Crippen LogP) is 2.95. The molecule has 1 heterocycles. The largest absolute Gasteiger partial charge is 0.492 e. The molecule has 2 atom stereocenters. The van der Waals surface area contributed by atoms with E-state index < -0.39 is 0 Å². The molecule has 0 spiro atoms. The number of piperazine rings is 1. The second kappa shape index (κ2) is 10.9. The normalized spacial score (nSPS) is 22.4. The highest BCUT2D eigenvalue weighted by Gasteiger charge is 2.35. The summed E-state index contributed by atoms with van der Waals surface area (Å²) in [6.07, 6.45) is 3.25. The summed E-state index contributed by atoms with van der Waals surface area (Å²) >= 11 is 0. The molecule has 1 saturated heterocycles. The summed E-state index contributed by atoms with van der Waals surface area (Å²) in [4.78, 5) is 17.2. The fraction of sp³-hybridized carbons (Fsp3) is 0.632. The molecule has 1 amide bonds. The zero-order chi connectivity index (χ0) is 16.9. The Kier molecular flexibility index (Phi) is 9.55. The Morgan fingerprint density at radius 1 is 1.15 bits per heavy atom. The lowest BCUT2D eigenvalue weighted by Crippen LogP contribution is -2.51. The number of hydrogen-bond acceptors (Lipinski definition) is 4. The number of anilines is 1. The number of nitrogens with two attached hydrogens (primary N) is 1. The maximum atomic E-state index is 12.8. The number of amides is 1. The molecule has 3 rings (SSSR count). The highest BCUT2D eigenvalue weighted by molar-refractivity contribution is 5.85. The number of carbonyl (C=O) groups excluding carboxylic acids is 1. The van der Waals surface area contributed by atoms with Crippen LogP contribution in [0.4, 0.5) is 5.69 Å². The van der Waals surface area contributed by atoms with Crippen molar-refractivity contribution in [1.29, 1.82) is 0 Å². The first-order valence-electron chi connectivity index (χ1n) is 9.20. The van der Waals surface area contributed by atoms with E-state index in [1.54, 1.807) is 0 Å². The van der Waals surface area contributed by atoms with Crippen molar-refractivity contribution in [2.24, 2.45) is 17.6 Å². The molecular formula is C19H31Cl2N3O2. The molecule has 5 nitrogen and oxygen atoms in total. The van der Waals surface area contributed by atoms with Crippen molar-refractivity contribution in [3.63, 3.8) is 0 Å². The Balaban J connectivity index is 0.00000169. The van der Waals surface area contributed by atoms with Crippen LogP contribution in [-0.4, -0.2) is 50.1 Å². The van der Waals surface area contributed by atoms with Gasteiger partial charge in [-0.25, -0.2) is 0 Å². The van der Waals surface area contributed by atoms with Crippen LogP contribution in [-0.2, 0) is 4.79 Å². The second-order valence-electron chi connectivity index (χ2n) is 6.75. The van der Waals surface area contributed by atoms with Gasteiger partial charge in [-0.05, 0) is 44.4 Å². The molecule has 2 N–H and O–H groups in total. The standard InChI is InChI=1S/C19H29N3O2.2ClH/c1-2-24-18-9-4-3-8-17(18)21-10-12-22(13-11-21)19(23)16-7-5-6-15(16)14-20;;/h3-4,8-9,15-16H,2,5-7,10-14,20H2,1H3;2*1H/t15-,16-;;/m1../s1. The number of nitrogens with zero attached hydrogens (tertiary/aromatic N) is 2. The number of ether oxygens (including phenoxy) is 1. The topological polar surface area (TPSA) is 58.8 Å². The fourth-order valence-electron chi connectivity index (χ4n) is 4.04. The Hall–Kier alpha value is -1.17. The van der Waals surface area contributed by atoms with Crippen LogP contribution >= 0.6 is 24.8 Å². The predicted molar refractivity (Wildman–Crippen MR) is 111 cm³/mol. The van der Waals surface area contributed by atoms with Crippen molar-refractivity contribution < 1.29 is 9.53 Å². The number of carbonyl (C=O) groups is 1. The maximum Gasteiger partial charge on any atom is 0.226 e. The number of hydrogen-bond donors (Lipinski definition) is 1. The van der Waals surface area contributed by atoms with E-state index in [9.17, 15) is 4.79 Å². The van der Waals surface area contributed by atoms with E-state index in [0.29, 0.717) is 25.0 Å². The monoisotopic (exact) mass is 403 g/mol. The van der Waals surface area contributed by atoms with Gasteiger partial charge in [-0.15, -0.1) is 24.8 Å². The van der Waals surface area contributed by atoms with Crippen LogP contribution in [0.5, 0.6) is 5.75 Å². The number of para-hydroxylation sites is 2. The van der Waals surface area contributed by atoms with E-state index in [-0.39, 0.29) is 30.7 Å². The summed E-state index contributed by atoms with van der Waals surface area (Å²) < 4.78 is 5.74. The van der Waals surface area contributed by atoms with Crippen molar-refractivity contribution in [2.45, 2.75) is 26.2 Å². The Morgan fingerprint density at radius 2 is 1.85 bits per heavy atom. The van der Waals surface area contributed by atoms with Gasteiger partial charge in [0.25, 0.3) is 0 Å². The molecule has 1 aliphatic heterocycles. The Labute approximate surface area is 169 Å². The van der Waals surface area contributed by atoms with Gasteiger partial charge in [-0.3, -0.25) is 4.79 Å². The lowest BCUT2D eigenvalue weighted by atomic mass is 9.94. The molecule has 1 aromatic carbocycles. The van der Waals surface area contributed by atoms with Crippen molar-refractivity contribution in [3.8, 4) is 5.75 Å². The summed E-state index contributed by atoms with van der Waals surface area (Å²) in [6, 6.07) is 8.16. The summed E-state index contributed by atoms with van der Waals surface area (Å²) in [6.45, 7) is 6.59. The van der Waals surface area contributed by atoms with Gasteiger partial charge in [0.2, 0.25) is 5.91 Å². The minimum absolute atomic E-state index is 0. The summed E-state index contributed by atoms with van der Waals surface area (Å²) in [7, 11) is 0. The van der Waals surface area contributed by atoms with Gasteiger partial charge in [0.1, 0.15) is 5.75 Å². The second-order valence-corrected chi connectivity index (χ2v) is 6.75. The van der Waals surface area contributed by atoms with Crippen molar-refractivity contribution in [1.82, 2.24) is 4.90 Å². The Bertz CT molecular complexity index is 565. The SMILES string of the molecule is CCOc1ccccc1N1CCN(C(=O)[C@@H]2CCC[C@@H]2CN)CC1.Cl.Cl. The fourth-order valence-corrected chi connectivity index (χ4v) is 4.04. The molecule has 26 heavy (non-hydrogen) atoms. The van der Waals surface area contributed by atoms with E-state index >= 15 is 0 Å². The highest BCUT2D eigenvalue weighted by Crippen LogP contribution is 2.33. The maximum absolute atomic E-state index is 12.8. The van der Waals surface area contributed by atoms with Gasteiger partial charge in [0.15, 0.2) is 0 Å². The molecule has 7 heteroatoms. The molecule has 1 aromatic rings. The minimum atomic E-state index is 0. The molecule has 0 unspecified atom stereocenters. The van der Waals surface area contributed by atoms with Gasteiger partial charge >= 0.3 is 0 Å². The first-order valence-corrected chi connectivity index (χ1v) is 9.20. The van der Waals surface area contributed by atoms with Crippen molar-refractivity contribution in [3.05, 3.63) is 24.3 Å². The van der Waals surface area contributed by atoms with Crippen LogP contribution < -0.4 is 15.4 Å². The third-order valence-electron chi connectivity index (χ3n) is 5.38. The van der Waals surface area contributed by atoms with Gasteiger partial charge < -0.3 is 20.3 Å². The van der Waals surface area contributed by atoms with Gasteiger partial charge in [-0.2, -0.15) is 0 Å². The summed E-state index contributed by atoms with van der Waals surface area (Å²) in [5.41, 5.74) is 6.97. The van der Waals surface area contributed by atoms with E-state index in [1.807, 2.05) is 30.0 Å². The van der Waals surface area contributed by atoms with E-state index in [1.165, 1.54) is 0 Å². The van der Waals surface area contributed by atoms with E-state index in [0.717, 1.165) is 56.9 Å². The average Bonchev–Trinajstić information content (AvgIpc) is 3.11. The van der Waals surface area contributed by atoms with Crippen LogP contribution in [0, 0.1) is 11.8 Å². The zero-order valence-corrected chi connectivity index (χ0v) is 17.1. The number of halogens is 2. The number of benzene rings is 1. The smallest absolute Gasteiger partial charge is 0.226 e. The Morgan fingerprint density at radius 3 is 2.50 bits per heavy atom. The minimum Gasteiger partial charge on any atom is -0.492 e. The van der Waals surface area contributed by atoms with Crippen LogP contribution in [0.25, 0.3) is 0 Å². The van der Waals surface area contributed by atoms with Crippen molar-refractivity contribution in [2.75, 3.05) is 44.2 Å². The van der Waals surface area contributed by atoms with E-state index in [4.69, 9.17) is 10.5 Å². The highest BCUT2D eigenvalue weighted by atomic mass is 35.5. The average molecular weight is 404 g/mol. The van der Waals surface area contributed by atoms with Crippen LogP contribution in [0.15, 0.2) is 24.3 Å². The quantitative estimate of drug-likeness (QED) is 0.820. The molecule has 2 aliphatic rings. The number of rotatable bonds is 5. The molecule has 2 fully saturated rings. The molecular weight excluding hydrogens is 373 g/mol. The lowest BCUT2D eigenvalue weighted by Gasteiger charge is -2.38. The zero-order valence-electron chi connectivity index (χ0n) is 15.4. The summed E-state index contributed by atoms with van der Waals surface area (Å²) in [5, 5.41) is 0. The van der Waals surface area contributed by atoms with Crippen molar-refractivity contribution >= 4 is 36.4 Å². The third kappa shape index (κ3) is 4.96. The molecule has 1 saturated carbocycles. The van der Waals surface area contributed by atoms with E-state index in [2.05, 4.69) is 11.0 Å². The molecule has 0 bridgehead atoms. The van der Waals surface area contributed by atoms with Gasteiger partial charge in [-0.1, -0.05) is 18.6 Å². The summed E-state index contributed by atoms with van der Waals surface area (Å²) in [5.74, 6) is 1.78. The van der Waals surface area contributed by atoms with Crippen LogP contribution in [0.1, 0.15) is 26.2 Å². The first-order chi connectivity index (χ1) is 11.7. The first kappa shape index (κ1) is 22.9. The van der Waals surface area contributed by atoms with Gasteiger partial charge in [0, 0.05) is 32.1 Å². The van der Waals surface area contributed by atoms with Gasteiger partial charge in [0.05, 0.1) is 12.3 Å². The molecule has 0 radical (unpaired) electrons. The van der Waals surface area contributed by atoms with Crippen LogP contribution in [0.3, 0.4) is 0 Å². The molecule has 0 aromatic heterocycles. The molecule has 1 aliphatic carbocycles. The third-order valence-corrected chi connectivity index (χ3v) is 5.38.